The van der Waals surface area contributed by atoms with Crippen molar-refractivity contribution in [2.75, 3.05) is 0 Å². The SMILES string of the molecule is CCCC(C)(C)c1cccc(C)c1. The fourth-order valence-electron chi connectivity index (χ4n) is 1.84. The van der Waals surface area contributed by atoms with Gasteiger partial charge >= 0.3 is 0 Å². The van der Waals surface area contributed by atoms with Gasteiger partial charge in [0.25, 0.3) is 0 Å². The molecule has 0 heteroatoms. The Morgan fingerprint density at radius 3 is 2.46 bits per heavy atom. The van der Waals surface area contributed by atoms with Gasteiger partial charge in [-0.1, -0.05) is 57.0 Å². The van der Waals surface area contributed by atoms with E-state index in [2.05, 4.69) is 52.0 Å². The number of benzene rings is 1. The van der Waals surface area contributed by atoms with Gasteiger partial charge in [-0.25, -0.2) is 0 Å². The second-order valence-corrected chi connectivity index (χ2v) is 4.50. The zero-order valence-corrected chi connectivity index (χ0v) is 9.22. The fourth-order valence-corrected chi connectivity index (χ4v) is 1.84. The molecule has 0 spiro atoms. The largest absolute Gasteiger partial charge is 0.0654 e. The molecular formula is C13H20. The molecule has 0 atom stereocenters. The molecular weight excluding hydrogens is 156 g/mol. The molecule has 0 amide bonds. The summed E-state index contributed by atoms with van der Waals surface area (Å²) in [6.45, 7) is 9.06. The van der Waals surface area contributed by atoms with Crippen LogP contribution in [0, 0.1) is 6.92 Å². The minimum Gasteiger partial charge on any atom is -0.0654 e. The van der Waals surface area contributed by atoms with Crippen molar-refractivity contribution in [3.05, 3.63) is 35.4 Å². The Balaban J connectivity index is 2.93. The maximum absolute atomic E-state index is 2.32. The van der Waals surface area contributed by atoms with Crippen molar-refractivity contribution in [1.82, 2.24) is 0 Å². The van der Waals surface area contributed by atoms with E-state index in [1.807, 2.05) is 0 Å². The predicted octanol–water partition coefficient (Wildman–Crippen LogP) is 4.07. The van der Waals surface area contributed by atoms with E-state index in [0.29, 0.717) is 5.41 Å². The molecule has 72 valence electrons. The van der Waals surface area contributed by atoms with Gasteiger partial charge < -0.3 is 0 Å². The zero-order chi connectivity index (χ0) is 9.90. The average Bonchev–Trinajstić information content (AvgIpc) is 2.04. The molecule has 0 heterocycles. The van der Waals surface area contributed by atoms with Gasteiger partial charge in [0.05, 0.1) is 0 Å². The first-order chi connectivity index (χ1) is 6.06. The molecule has 0 aliphatic heterocycles. The number of hydrogen-bond donors (Lipinski definition) is 0. The lowest BCUT2D eigenvalue weighted by atomic mass is 9.80. The van der Waals surface area contributed by atoms with Crippen LogP contribution in [0.5, 0.6) is 0 Å². The second-order valence-electron chi connectivity index (χ2n) is 4.50. The van der Waals surface area contributed by atoms with Gasteiger partial charge in [0.1, 0.15) is 0 Å². The Morgan fingerprint density at radius 2 is 1.92 bits per heavy atom. The normalized spacial score (nSPS) is 11.7. The Labute approximate surface area is 82.0 Å². The smallest absolute Gasteiger partial charge is 0.0104 e. The van der Waals surface area contributed by atoms with Crippen LogP contribution in [0.25, 0.3) is 0 Å². The van der Waals surface area contributed by atoms with Crippen molar-refractivity contribution in [2.45, 2.75) is 46.0 Å². The van der Waals surface area contributed by atoms with E-state index in [-0.39, 0.29) is 0 Å². The van der Waals surface area contributed by atoms with Crippen LogP contribution in [0.2, 0.25) is 0 Å². The molecule has 0 aromatic heterocycles. The molecule has 0 unspecified atom stereocenters. The van der Waals surface area contributed by atoms with Gasteiger partial charge in [0.15, 0.2) is 0 Å². The van der Waals surface area contributed by atoms with Crippen LogP contribution >= 0.6 is 0 Å². The molecule has 0 aliphatic rings. The summed E-state index contributed by atoms with van der Waals surface area (Å²) in [6.07, 6.45) is 2.51. The molecule has 0 bridgehead atoms. The van der Waals surface area contributed by atoms with Crippen molar-refractivity contribution >= 4 is 0 Å². The zero-order valence-electron chi connectivity index (χ0n) is 9.22. The summed E-state index contributed by atoms with van der Waals surface area (Å²) in [4.78, 5) is 0. The van der Waals surface area contributed by atoms with E-state index in [1.54, 1.807) is 0 Å². The summed E-state index contributed by atoms with van der Waals surface area (Å²) in [5.41, 5.74) is 3.16. The highest BCUT2D eigenvalue weighted by atomic mass is 14.2. The minimum atomic E-state index is 0.334. The summed E-state index contributed by atoms with van der Waals surface area (Å²) in [6, 6.07) is 8.85. The average molecular weight is 176 g/mol. The molecule has 0 aliphatic carbocycles. The van der Waals surface area contributed by atoms with E-state index < -0.39 is 0 Å². The predicted molar refractivity (Wildman–Crippen MR) is 59.1 cm³/mol. The minimum absolute atomic E-state index is 0.334. The quantitative estimate of drug-likeness (QED) is 0.651. The number of aryl methyl sites for hydroxylation is 1. The van der Waals surface area contributed by atoms with Crippen molar-refractivity contribution < 1.29 is 0 Å². The van der Waals surface area contributed by atoms with E-state index >= 15 is 0 Å². The monoisotopic (exact) mass is 176 g/mol. The Bertz CT molecular complexity index is 271. The standard InChI is InChI=1S/C13H20/c1-5-9-13(3,4)12-8-6-7-11(2)10-12/h6-8,10H,5,9H2,1-4H3. The van der Waals surface area contributed by atoms with Crippen LogP contribution in [0.4, 0.5) is 0 Å². The molecule has 13 heavy (non-hydrogen) atoms. The highest BCUT2D eigenvalue weighted by Crippen LogP contribution is 2.28. The third kappa shape index (κ3) is 2.58. The van der Waals surface area contributed by atoms with E-state index in [4.69, 9.17) is 0 Å². The lowest BCUT2D eigenvalue weighted by molar-refractivity contribution is 0.473. The fraction of sp³-hybridized carbons (Fsp3) is 0.538. The molecule has 0 saturated heterocycles. The molecule has 1 aromatic carbocycles. The summed E-state index contributed by atoms with van der Waals surface area (Å²) in [5, 5.41) is 0. The van der Waals surface area contributed by atoms with Gasteiger partial charge in [0.2, 0.25) is 0 Å². The number of hydrogen-bond acceptors (Lipinski definition) is 0. The Hall–Kier alpha value is -0.780. The van der Waals surface area contributed by atoms with Crippen molar-refractivity contribution in [2.24, 2.45) is 0 Å². The topological polar surface area (TPSA) is 0 Å². The van der Waals surface area contributed by atoms with E-state index in [9.17, 15) is 0 Å². The Kier molecular flexibility index (Phi) is 3.13. The van der Waals surface area contributed by atoms with Crippen LogP contribution < -0.4 is 0 Å². The number of rotatable bonds is 3. The molecule has 0 nitrogen and oxygen atoms in total. The first kappa shape index (κ1) is 10.3. The first-order valence-electron chi connectivity index (χ1n) is 5.13. The lowest BCUT2D eigenvalue weighted by Crippen LogP contribution is -2.16. The van der Waals surface area contributed by atoms with Crippen LogP contribution in [-0.4, -0.2) is 0 Å². The summed E-state index contributed by atoms with van der Waals surface area (Å²) in [7, 11) is 0. The van der Waals surface area contributed by atoms with Gasteiger partial charge in [-0.05, 0) is 24.3 Å². The van der Waals surface area contributed by atoms with Crippen molar-refractivity contribution in [1.29, 1.82) is 0 Å². The molecule has 0 fully saturated rings. The summed E-state index contributed by atoms with van der Waals surface area (Å²) >= 11 is 0. The maximum atomic E-state index is 2.32. The van der Waals surface area contributed by atoms with Crippen LogP contribution in [-0.2, 0) is 5.41 Å². The third-order valence-electron chi connectivity index (χ3n) is 2.67. The van der Waals surface area contributed by atoms with Crippen molar-refractivity contribution in [3.8, 4) is 0 Å². The highest BCUT2D eigenvalue weighted by Gasteiger charge is 2.18. The van der Waals surface area contributed by atoms with Gasteiger partial charge in [0, 0.05) is 0 Å². The first-order valence-corrected chi connectivity index (χ1v) is 5.13. The van der Waals surface area contributed by atoms with Crippen molar-refractivity contribution in [3.63, 3.8) is 0 Å². The molecule has 0 N–H and O–H groups in total. The molecule has 0 saturated carbocycles. The molecule has 1 aromatic rings. The van der Waals surface area contributed by atoms with Gasteiger partial charge in [-0.2, -0.15) is 0 Å². The van der Waals surface area contributed by atoms with Crippen LogP contribution in [0.3, 0.4) is 0 Å². The highest BCUT2D eigenvalue weighted by molar-refractivity contribution is 5.28. The molecule has 1 rings (SSSR count). The van der Waals surface area contributed by atoms with Gasteiger partial charge in [-0.15, -0.1) is 0 Å². The van der Waals surface area contributed by atoms with Crippen LogP contribution in [0.1, 0.15) is 44.7 Å². The van der Waals surface area contributed by atoms with E-state index in [0.717, 1.165) is 0 Å². The molecule has 0 radical (unpaired) electrons. The summed E-state index contributed by atoms with van der Waals surface area (Å²) in [5.74, 6) is 0. The summed E-state index contributed by atoms with van der Waals surface area (Å²) < 4.78 is 0. The Morgan fingerprint density at radius 1 is 1.23 bits per heavy atom. The maximum Gasteiger partial charge on any atom is -0.0104 e. The van der Waals surface area contributed by atoms with Gasteiger partial charge in [-0.3, -0.25) is 0 Å². The lowest BCUT2D eigenvalue weighted by Gasteiger charge is -2.24. The van der Waals surface area contributed by atoms with E-state index in [1.165, 1.54) is 24.0 Å². The third-order valence-corrected chi connectivity index (χ3v) is 2.67. The second kappa shape index (κ2) is 3.95. The van der Waals surface area contributed by atoms with Crippen LogP contribution in [0.15, 0.2) is 24.3 Å².